The smallest absolute Gasteiger partial charge is 0.0564 e. The van der Waals surface area contributed by atoms with Gasteiger partial charge in [-0.25, -0.2) is 0 Å². The minimum atomic E-state index is -0.0577. The monoisotopic (exact) mass is 345 g/mol. The van der Waals surface area contributed by atoms with E-state index in [1.807, 2.05) is 0 Å². The quantitative estimate of drug-likeness (QED) is 0.319. The van der Waals surface area contributed by atoms with Gasteiger partial charge in [0.2, 0.25) is 0 Å². The van der Waals surface area contributed by atoms with Crippen LogP contribution >= 0.6 is 0 Å². The van der Waals surface area contributed by atoms with Crippen LogP contribution in [-0.2, 0) is 0 Å². The second-order valence-electron chi connectivity index (χ2n) is 7.72. The molecule has 5 aromatic carbocycles. The third kappa shape index (κ3) is 2.03. The van der Waals surface area contributed by atoms with Crippen molar-refractivity contribution in [3.63, 3.8) is 0 Å². The molecule has 0 fully saturated rings. The Labute approximate surface area is 158 Å². The van der Waals surface area contributed by atoms with E-state index in [9.17, 15) is 0 Å². The van der Waals surface area contributed by atoms with Crippen LogP contribution in [0.2, 0.25) is 0 Å². The lowest BCUT2D eigenvalue weighted by molar-refractivity contribution is 0.903. The summed E-state index contributed by atoms with van der Waals surface area (Å²) < 4.78 is 0. The van der Waals surface area contributed by atoms with E-state index in [1.54, 1.807) is 0 Å². The van der Waals surface area contributed by atoms with Gasteiger partial charge in [-0.2, -0.15) is 0 Å². The van der Waals surface area contributed by atoms with Crippen LogP contribution in [-0.4, -0.2) is 0 Å². The molecule has 5 aromatic rings. The molecular weight excluding hydrogens is 326 g/mol. The van der Waals surface area contributed by atoms with Crippen molar-refractivity contribution < 1.29 is 0 Å². The summed E-state index contributed by atoms with van der Waals surface area (Å²) in [5, 5.41) is 7.67. The summed E-state index contributed by atoms with van der Waals surface area (Å²) in [6, 6.07) is 28.8. The van der Waals surface area contributed by atoms with E-state index in [-0.39, 0.29) is 6.04 Å². The maximum absolute atomic E-state index is 6.67. The molecule has 0 aliphatic heterocycles. The van der Waals surface area contributed by atoms with E-state index in [4.69, 9.17) is 5.73 Å². The van der Waals surface area contributed by atoms with Gasteiger partial charge in [0.25, 0.3) is 0 Å². The lowest BCUT2D eigenvalue weighted by Gasteiger charge is -2.09. The predicted octanol–water partition coefficient (Wildman–Crippen LogP) is 6.48. The van der Waals surface area contributed by atoms with Crippen molar-refractivity contribution in [3.8, 4) is 11.1 Å². The van der Waals surface area contributed by atoms with Gasteiger partial charge >= 0.3 is 0 Å². The van der Waals surface area contributed by atoms with Gasteiger partial charge in [-0.3, -0.25) is 0 Å². The van der Waals surface area contributed by atoms with Gasteiger partial charge in [0.05, 0.1) is 6.04 Å². The molecule has 0 bridgehead atoms. The van der Waals surface area contributed by atoms with Crippen molar-refractivity contribution in [2.45, 2.75) is 13.0 Å². The largest absolute Gasteiger partial charge is 0.320 e. The third-order valence-corrected chi connectivity index (χ3v) is 6.02. The van der Waals surface area contributed by atoms with Gasteiger partial charge in [0.15, 0.2) is 0 Å². The van der Waals surface area contributed by atoms with Crippen LogP contribution in [0.15, 0.2) is 78.9 Å². The molecule has 0 saturated heterocycles. The van der Waals surface area contributed by atoms with Gasteiger partial charge in [-0.05, 0) is 85.8 Å². The van der Waals surface area contributed by atoms with Crippen LogP contribution in [0.4, 0.5) is 0 Å². The molecule has 6 rings (SSSR count). The summed E-state index contributed by atoms with van der Waals surface area (Å²) in [5.74, 6) is 0. The first kappa shape index (κ1) is 15.0. The Balaban J connectivity index is 1.72. The SMILES string of the molecule is Cc1ccc2cc3cc4c(cc3cc2c1)-c1c(ccc2ccccc12)C4N. The highest BCUT2D eigenvalue weighted by atomic mass is 14.7. The normalized spacial score (nSPS) is 15.4. The average molecular weight is 345 g/mol. The van der Waals surface area contributed by atoms with Gasteiger partial charge < -0.3 is 5.73 Å². The number of aryl methyl sites for hydroxylation is 1. The molecule has 0 saturated carbocycles. The molecule has 1 aliphatic rings. The number of hydrogen-bond acceptors (Lipinski definition) is 1. The standard InChI is InChI=1S/C26H19N/c1-15-6-7-17-11-19-14-24-23(13-20(19)12-18(17)10-15)25-21-5-3-2-4-16(21)8-9-22(25)26(24)27/h2-14,26H,27H2,1H3. The van der Waals surface area contributed by atoms with E-state index >= 15 is 0 Å². The Kier molecular flexibility index (Phi) is 2.87. The summed E-state index contributed by atoms with van der Waals surface area (Å²) in [7, 11) is 0. The number of nitrogens with two attached hydrogens (primary N) is 1. The van der Waals surface area contributed by atoms with Gasteiger partial charge in [-0.15, -0.1) is 0 Å². The minimum absolute atomic E-state index is 0.0577. The highest BCUT2D eigenvalue weighted by Crippen LogP contribution is 2.47. The molecule has 0 aromatic heterocycles. The molecule has 0 spiro atoms. The third-order valence-electron chi connectivity index (χ3n) is 6.02. The summed E-state index contributed by atoms with van der Waals surface area (Å²) >= 11 is 0. The predicted molar refractivity (Wildman–Crippen MR) is 115 cm³/mol. The van der Waals surface area contributed by atoms with Crippen molar-refractivity contribution >= 4 is 32.3 Å². The molecule has 1 aliphatic carbocycles. The average Bonchev–Trinajstić information content (AvgIpc) is 2.97. The highest BCUT2D eigenvalue weighted by Gasteiger charge is 2.27. The first-order valence-electron chi connectivity index (χ1n) is 9.45. The molecule has 0 radical (unpaired) electrons. The van der Waals surface area contributed by atoms with Crippen LogP contribution in [0.5, 0.6) is 0 Å². The fraction of sp³-hybridized carbons (Fsp3) is 0.0769. The molecule has 0 amide bonds. The molecule has 1 heteroatoms. The second kappa shape index (κ2) is 5.18. The molecule has 27 heavy (non-hydrogen) atoms. The van der Waals surface area contributed by atoms with Crippen molar-refractivity contribution in [3.05, 3.63) is 95.6 Å². The summed E-state index contributed by atoms with van der Waals surface area (Å²) in [6.07, 6.45) is 0. The summed E-state index contributed by atoms with van der Waals surface area (Å²) in [5.41, 5.74) is 13.0. The lowest BCUT2D eigenvalue weighted by atomic mass is 9.95. The van der Waals surface area contributed by atoms with Gasteiger partial charge in [-0.1, -0.05) is 60.2 Å². The zero-order valence-corrected chi connectivity index (χ0v) is 15.2. The zero-order valence-electron chi connectivity index (χ0n) is 15.2. The van der Waals surface area contributed by atoms with Crippen molar-refractivity contribution in [2.75, 3.05) is 0 Å². The number of benzene rings is 5. The molecule has 1 unspecified atom stereocenters. The Morgan fingerprint density at radius 3 is 2.30 bits per heavy atom. The maximum atomic E-state index is 6.67. The van der Waals surface area contributed by atoms with Crippen LogP contribution in [0, 0.1) is 6.92 Å². The lowest BCUT2D eigenvalue weighted by Crippen LogP contribution is -2.07. The van der Waals surface area contributed by atoms with Crippen LogP contribution in [0.1, 0.15) is 22.7 Å². The fourth-order valence-electron chi connectivity index (χ4n) is 4.68. The topological polar surface area (TPSA) is 26.0 Å². The van der Waals surface area contributed by atoms with E-state index in [1.165, 1.54) is 60.1 Å². The highest BCUT2D eigenvalue weighted by molar-refractivity contribution is 6.06. The van der Waals surface area contributed by atoms with Gasteiger partial charge in [0, 0.05) is 0 Å². The Morgan fingerprint density at radius 2 is 1.37 bits per heavy atom. The number of hydrogen-bond donors (Lipinski definition) is 1. The molecular formula is C26H19N. The van der Waals surface area contributed by atoms with Crippen molar-refractivity contribution in [1.82, 2.24) is 0 Å². The fourth-order valence-corrected chi connectivity index (χ4v) is 4.68. The Bertz CT molecular complexity index is 1390. The molecule has 1 nitrogen and oxygen atoms in total. The van der Waals surface area contributed by atoms with Crippen LogP contribution in [0.3, 0.4) is 0 Å². The van der Waals surface area contributed by atoms with Crippen LogP contribution in [0.25, 0.3) is 43.4 Å². The minimum Gasteiger partial charge on any atom is -0.320 e. The zero-order chi connectivity index (χ0) is 18.1. The molecule has 2 N–H and O–H groups in total. The van der Waals surface area contributed by atoms with E-state index in [2.05, 4.69) is 85.8 Å². The second-order valence-corrected chi connectivity index (χ2v) is 7.72. The molecule has 0 heterocycles. The van der Waals surface area contributed by atoms with E-state index in [0.717, 1.165) is 0 Å². The molecule has 128 valence electrons. The Morgan fingerprint density at radius 1 is 0.630 bits per heavy atom. The Hall–Kier alpha value is -3.16. The summed E-state index contributed by atoms with van der Waals surface area (Å²) in [6.45, 7) is 2.15. The maximum Gasteiger partial charge on any atom is 0.0564 e. The van der Waals surface area contributed by atoms with Gasteiger partial charge in [0.1, 0.15) is 0 Å². The number of fused-ring (bicyclic) bond motifs is 7. The van der Waals surface area contributed by atoms with Crippen molar-refractivity contribution in [1.29, 1.82) is 0 Å². The first-order valence-corrected chi connectivity index (χ1v) is 9.45. The van der Waals surface area contributed by atoms with E-state index in [0.29, 0.717) is 0 Å². The van der Waals surface area contributed by atoms with E-state index < -0.39 is 0 Å². The van der Waals surface area contributed by atoms with Crippen LogP contribution < -0.4 is 5.73 Å². The van der Waals surface area contributed by atoms with Crippen molar-refractivity contribution in [2.24, 2.45) is 5.73 Å². The molecule has 1 atom stereocenters. The summed E-state index contributed by atoms with van der Waals surface area (Å²) in [4.78, 5) is 0. The first-order chi connectivity index (χ1) is 13.2. The number of rotatable bonds is 0.